The van der Waals surface area contributed by atoms with Gasteiger partial charge in [0, 0.05) is 25.8 Å². The van der Waals surface area contributed by atoms with Crippen LogP contribution in [-0.2, 0) is 22.6 Å². The van der Waals surface area contributed by atoms with Crippen molar-refractivity contribution in [2.24, 2.45) is 0 Å². The van der Waals surface area contributed by atoms with E-state index in [0.29, 0.717) is 19.7 Å². The van der Waals surface area contributed by atoms with E-state index in [9.17, 15) is 4.79 Å². The van der Waals surface area contributed by atoms with Gasteiger partial charge >= 0.3 is 5.97 Å². The fourth-order valence-electron chi connectivity index (χ4n) is 2.04. The van der Waals surface area contributed by atoms with Gasteiger partial charge in [-0.3, -0.25) is 14.4 Å². The van der Waals surface area contributed by atoms with Crippen molar-refractivity contribution < 1.29 is 14.6 Å². The van der Waals surface area contributed by atoms with E-state index in [1.54, 1.807) is 6.20 Å². The maximum atomic E-state index is 11.1. The van der Waals surface area contributed by atoms with Crippen molar-refractivity contribution in [1.29, 1.82) is 0 Å². The highest BCUT2D eigenvalue weighted by atomic mass is 16.5. The third kappa shape index (κ3) is 2.65. The normalized spacial score (nSPS) is 21.6. The number of rotatable bonds is 4. The molecule has 1 unspecified atom stereocenters. The summed E-state index contributed by atoms with van der Waals surface area (Å²) in [5.74, 6) is -0.827. The molecule has 1 aromatic rings. The molecule has 1 aliphatic rings. The van der Waals surface area contributed by atoms with Crippen LogP contribution < -0.4 is 0 Å². The summed E-state index contributed by atoms with van der Waals surface area (Å²) in [5, 5.41) is 13.3. The largest absolute Gasteiger partial charge is 0.480 e. The van der Waals surface area contributed by atoms with Crippen LogP contribution in [0.25, 0.3) is 0 Å². The highest BCUT2D eigenvalue weighted by Crippen LogP contribution is 2.12. The summed E-state index contributed by atoms with van der Waals surface area (Å²) in [7, 11) is 0. The lowest BCUT2D eigenvalue weighted by atomic mass is 10.2. The molecule has 17 heavy (non-hydrogen) atoms. The molecule has 1 atom stereocenters. The van der Waals surface area contributed by atoms with Gasteiger partial charge in [-0.25, -0.2) is 0 Å². The Kier molecular flexibility index (Phi) is 3.75. The third-order valence-electron chi connectivity index (χ3n) is 2.99. The van der Waals surface area contributed by atoms with Crippen LogP contribution in [0.1, 0.15) is 12.6 Å². The van der Waals surface area contributed by atoms with E-state index in [1.165, 1.54) is 0 Å². The van der Waals surface area contributed by atoms with Gasteiger partial charge in [0.1, 0.15) is 6.04 Å². The Labute approximate surface area is 99.8 Å². The van der Waals surface area contributed by atoms with Crippen molar-refractivity contribution in [2.45, 2.75) is 26.1 Å². The van der Waals surface area contributed by atoms with E-state index in [4.69, 9.17) is 9.84 Å². The number of carboxylic acids is 1. The number of morpholine rings is 1. The van der Waals surface area contributed by atoms with E-state index in [2.05, 4.69) is 5.10 Å². The van der Waals surface area contributed by atoms with Gasteiger partial charge in [-0.1, -0.05) is 0 Å². The van der Waals surface area contributed by atoms with Gasteiger partial charge in [0.15, 0.2) is 0 Å². The maximum absolute atomic E-state index is 11.1. The highest BCUT2D eigenvalue weighted by molar-refractivity contribution is 5.73. The number of carboxylic acid groups (broad SMARTS) is 1. The Bertz CT molecular complexity index is 391. The first kappa shape index (κ1) is 12.1. The Morgan fingerprint density at radius 2 is 2.53 bits per heavy atom. The number of aryl methyl sites for hydroxylation is 1. The molecule has 0 saturated carbocycles. The van der Waals surface area contributed by atoms with Gasteiger partial charge < -0.3 is 9.84 Å². The van der Waals surface area contributed by atoms with Crippen LogP contribution in [0.4, 0.5) is 0 Å². The average molecular weight is 239 g/mol. The number of aliphatic carboxylic acids is 1. The van der Waals surface area contributed by atoms with Crippen molar-refractivity contribution >= 4 is 5.97 Å². The predicted molar refractivity (Wildman–Crippen MR) is 60.6 cm³/mol. The molecule has 1 N–H and O–H groups in total. The van der Waals surface area contributed by atoms with Crippen molar-refractivity contribution in [3.05, 3.63) is 18.0 Å². The summed E-state index contributed by atoms with van der Waals surface area (Å²) < 4.78 is 7.09. The average Bonchev–Trinajstić information content (AvgIpc) is 2.77. The summed E-state index contributed by atoms with van der Waals surface area (Å²) in [6.45, 7) is 4.91. The Morgan fingerprint density at radius 3 is 3.24 bits per heavy atom. The number of hydrogen-bond donors (Lipinski definition) is 1. The minimum atomic E-state index is -0.827. The summed E-state index contributed by atoms with van der Waals surface area (Å²) >= 11 is 0. The molecule has 0 aliphatic carbocycles. The molecule has 2 heterocycles. The van der Waals surface area contributed by atoms with Crippen LogP contribution >= 0.6 is 0 Å². The zero-order valence-electron chi connectivity index (χ0n) is 9.87. The van der Waals surface area contributed by atoms with Gasteiger partial charge in [-0.05, 0) is 13.0 Å². The van der Waals surface area contributed by atoms with E-state index < -0.39 is 12.0 Å². The third-order valence-corrected chi connectivity index (χ3v) is 2.99. The van der Waals surface area contributed by atoms with Crippen LogP contribution in [0.5, 0.6) is 0 Å². The monoisotopic (exact) mass is 239 g/mol. The van der Waals surface area contributed by atoms with Crippen molar-refractivity contribution in [1.82, 2.24) is 14.7 Å². The highest BCUT2D eigenvalue weighted by Gasteiger charge is 2.29. The van der Waals surface area contributed by atoms with Crippen LogP contribution in [0.15, 0.2) is 12.3 Å². The minimum absolute atomic E-state index is 0.260. The molecule has 0 aromatic carbocycles. The van der Waals surface area contributed by atoms with E-state index in [1.807, 2.05) is 22.6 Å². The van der Waals surface area contributed by atoms with E-state index in [-0.39, 0.29) is 6.61 Å². The standard InChI is InChI=1S/C11H17N3O3/c1-2-14-9(3-4-12-14)7-13-5-6-17-8-10(13)11(15)16/h3-4,10H,2,5-8H2,1H3,(H,15,16). The zero-order chi connectivity index (χ0) is 12.3. The summed E-state index contributed by atoms with van der Waals surface area (Å²) in [5.41, 5.74) is 1.04. The van der Waals surface area contributed by atoms with Crippen LogP contribution in [0.3, 0.4) is 0 Å². The fraction of sp³-hybridized carbons (Fsp3) is 0.636. The molecule has 6 heteroatoms. The summed E-state index contributed by atoms with van der Waals surface area (Å²) in [4.78, 5) is 13.0. The summed E-state index contributed by atoms with van der Waals surface area (Å²) in [6.07, 6.45) is 1.75. The fourth-order valence-corrected chi connectivity index (χ4v) is 2.04. The molecular formula is C11H17N3O3. The first-order chi connectivity index (χ1) is 8.22. The molecule has 0 radical (unpaired) electrons. The lowest BCUT2D eigenvalue weighted by Gasteiger charge is -2.32. The zero-order valence-corrected chi connectivity index (χ0v) is 9.87. The number of carbonyl (C=O) groups is 1. The van der Waals surface area contributed by atoms with Crippen LogP contribution in [-0.4, -0.2) is 51.6 Å². The molecule has 1 aromatic heterocycles. The first-order valence-corrected chi connectivity index (χ1v) is 5.77. The van der Waals surface area contributed by atoms with Gasteiger partial charge in [0.2, 0.25) is 0 Å². The molecule has 0 bridgehead atoms. The molecule has 1 fully saturated rings. The van der Waals surface area contributed by atoms with Gasteiger partial charge in [0.25, 0.3) is 0 Å². The SMILES string of the molecule is CCn1nccc1CN1CCOCC1C(=O)O. The Hall–Kier alpha value is -1.40. The predicted octanol–water partition coefficient (Wildman–Crippen LogP) is 0.188. The molecule has 1 aliphatic heterocycles. The lowest BCUT2D eigenvalue weighted by molar-refractivity contribution is -0.150. The van der Waals surface area contributed by atoms with Gasteiger partial charge in [0.05, 0.1) is 18.9 Å². The molecule has 0 amide bonds. The Morgan fingerprint density at radius 1 is 1.71 bits per heavy atom. The van der Waals surface area contributed by atoms with Crippen molar-refractivity contribution in [2.75, 3.05) is 19.8 Å². The quantitative estimate of drug-likeness (QED) is 0.812. The number of nitrogens with zero attached hydrogens (tertiary/aromatic N) is 3. The molecular weight excluding hydrogens is 222 g/mol. The number of hydrogen-bond acceptors (Lipinski definition) is 4. The van der Waals surface area contributed by atoms with Crippen molar-refractivity contribution in [3.8, 4) is 0 Å². The second-order valence-electron chi connectivity index (χ2n) is 4.04. The number of ether oxygens (including phenoxy) is 1. The van der Waals surface area contributed by atoms with Gasteiger partial charge in [-0.2, -0.15) is 5.10 Å². The van der Waals surface area contributed by atoms with E-state index >= 15 is 0 Å². The second-order valence-corrected chi connectivity index (χ2v) is 4.04. The molecule has 94 valence electrons. The molecule has 2 rings (SSSR count). The van der Waals surface area contributed by atoms with Crippen molar-refractivity contribution in [3.63, 3.8) is 0 Å². The summed E-state index contributed by atoms with van der Waals surface area (Å²) in [6, 6.07) is 1.38. The number of aromatic nitrogens is 2. The van der Waals surface area contributed by atoms with E-state index in [0.717, 1.165) is 12.2 Å². The lowest BCUT2D eigenvalue weighted by Crippen LogP contribution is -2.49. The Balaban J connectivity index is 2.08. The van der Waals surface area contributed by atoms with Crippen LogP contribution in [0, 0.1) is 0 Å². The smallest absolute Gasteiger partial charge is 0.323 e. The minimum Gasteiger partial charge on any atom is -0.480 e. The second kappa shape index (κ2) is 5.29. The molecule has 1 saturated heterocycles. The first-order valence-electron chi connectivity index (χ1n) is 5.77. The molecule has 6 nitrogen and oxygen atoms in total. The topological polar surface area (TPSA) is 67.6 Å². The molecule has 0 spiro atoms. The maximum Gasteiger partial charge on any atom is 0.323 e. The van der Waals surface area contributed by atoms with Crippen LogP contribution in [0.2, 0.25) is 0 Å². The van der Waals surface area contributed by atoms with Gasteiger partial charge in [-0.15, -0.1) is 0 Å².